The lowest BCUT2D eigenvalue weighted by Gasteiger charge is -2.23. The smallest absolute Gasteiger partial charge is 0.425 e. The molecule has 4 heterocycles. The number of benzene rings is 2. The molecule has 3 aliphatic heterocycles. The largest absolute Gasteiger partial charge is 0.456 e. The molecule has 0 spiro atoms. The average Bonchev–Trinajstić information content (AvgIpc) is 3.41. The summed E-state index contributed by atoms with van der Waals surface area (Å²) in [6.45, 7) is 0.160. The number of amides is 1. The van der Waals surface area contributed by atoms with Crippen molar-refractivity contribution in [2.45, 2.75) is 18.6 Å². The van der Waals surface area contributed by atoms with Gasteiger partial charge in [-0.05, 0) is 30.3 Å². The minimum Gasteiger partial charge on any atom is -0.456 e. The first-order valence-electron chi connectivity index (χ1n) is 9.12. The Labute approximate surface area is 172 Å². The molecule has 0 fully saturated rings. The van der Waals surface area contributed by atoms with Crippen molar-refractivity contribution in [1.29, 1.82) is 0 Å². The number of rotatable bonds is 2. The average molecular weight is 431 g/mol. The van der Waals surface area contributed by atoms with Gasteiger partial charge in [-0.25, -0.2) is 0 Å². The van der Waals surface area contributed by atoms with Gasteiger partial charge in [-0.2, -0.15) is 13.2 Å². The van der Waals surface area contributed by atoms with Crippen molar-refractivity contribution in [2.75, 3.05) is 11.7 Å². The van der Waals surface area contributed by atoms with Crippen LogP contribution in [0.25, 0.3) is 0 Å². The number of thiophene rings is 1. The van der Waals surface area contributed by atoms with E-state index in [1.807, 2.05) is 0 Å². The summed E-state index contributed by atoms with van der Waals surface area (Å²) in [6, 6.07) is 11.3. The molecule has 0 N–H and O–H groups in total. The van der Waals surface area contributed by atoms with E-state index in [1.54, 1.807) is 30.3 Å². The lowest BCUT2D eigenvalue weighted by Crippen LogP contribution is -2.28. The highest BCUT2D eigenvalue weighted by Crippen LogP contribution is 2.55. The third-order valence-electron chi connectivity index (χ3n) is 5.43. The van der Waals surface area contributed by atoms with Gasteiger partial charge in [0.05, 0.1) is 18.2 Å². The molecule has 1 amide bonds. The quantitative estimate of drug-likeness (QED) is 0.554. The summed E-state index contributed by atoms with van der Waals surface area (Å²) in [5.41, 5.74) is 2.03. The van der Waals surface area contributed by atoms with Crippen LogP contribution in [0.2, 0.25) is 0 Å². The molecule has 1 aromatic heterocycles. The van der Waals surface area contributed by atoms with Crippen molar-refractivity contribution in [1.82, 2.24) is 0 Å². The van der Waals surface area contributed by atoms with Gasteiger partial charge in [0, 0.05) is 22.1 Å². The van der Waals surface area contributed by atoms with E-state index in [0.29, 0.717) is 50.5 Å². The number of halogens is 3. The molecular weight excluding hydrogens is 419 g/mol. The molecule has 3 aliphatic rings. The van der Waals surface area contributed by atoms with Crippen LogP contribution < -0.4 is 19.1 Å². The number of hydrogen-bond acceptors (Lipinski definition) is 5. The van der Waals surface area contributed by atoms with E-state index in [2.05, 4.69) is 0 Å². The second-order valence-electron chi connectivity index (χ2n) is 7.16. The van der Waals surface area contributed by atoms with Crippen molar-refractivity contribution < 1.29 is 32.2 Å². The highest BCUT2D eigenvalue weighted by atomic mass is 32.1. The zero-order chi connectivity index (χ0) is 20.6. The van der Waals surface area contributed by atoms with Crippen LogP contribution >= 0.6 is 11.3 Å². The Hall–Kier alpha value is -3.20. The van der Waals surface area contributed by atoms with Crippen molar-refractivity contribution in [2.24, 2.45) is 0 Å². The maximum Gasteiger partial charge on any atom is 0.425 e. The summed E-state index contributed by atoms with van der Waals surface area (Å²) >= 11 is 0.647. The molecule has 152 valence electrons. The first-order valence-corrected chi connectivity index (χ1v) is 9.93. The van der Waals surface area contributed by atoms with Crippen LogP contribution in [0.5, 0.6) is 23.0 Å². The Balaban J connectivity index is 1.42. The summed E-state index contributed by atoms with van der Waals surface area (Å²) in [6.07, 6.45) is -4.40. The van der Waals surface area contributed by atoms with Gasteiger partial charge in [0.25, 0.3) is 0 Å². The minimum atomic E-state index is -4.40. The van der Waals surface area contributed by atoms with Crippen molar-refractivity contribution >= 4 is 22.9 Å². The summed E-state index contributed by atoms with van der Waals surface area (Å²) in [5.74, 6) is 1.35. The summed E-state index contributed by atoms with van der Waals surface area (Å²) in [5, 5.41) is 0. The predicted molar refractivity (Wildman–Crippen MR) is 101 cm³/mol. The molecular formula is C21H12F3NO4S. The molecule has 0 saturated heterocycles. The Morgan fingerprint density at radius 2 is 1.83 bits per heavy atom. The number of nitrogens with zero attached hydrogens (tertiary/aromatic N) is 1. The molecule has 6 rings (SSSR count). The maximum atomic E-state index is 13.4. The molecule has 0 bridgehead atoms. The lowest BCUT2D eigenvalue weighted by atomic mass is 9.89. The number of alkyl halides is 3. The molecule has 30 heavy (non-hydrogen) atoms. The Morgan fingerprint density at radius 3 is 2.60 bits per heavy atom. The van der Waals surface area contributed by atoms with Crippen LogP contribution in [-0.4, -0.2) is 12.7 Å². The van der Waals surface area contributed by atoms with Gasteiger partial charge < -0.3 is 19.1 Å². The number of carbonyl (C=O) groups excluding carboxylic acids is 1. The SMILES string of the molecule is O=C1C2c3cc4c(cc3Oc3cccc(c32)N1Cc1ccc(C(F)(F)F)s1)OCO4. The monoisotopic (exact) mass is 431 g/mol. The fourth-order valence-corrected chi connectivity index (χ4v) is 5.00. The van der Waals surface area contributed by atoms with Gasteiger partial charge in [-0.3, -0.25) is 4.79 Å². The van der Waals surface area contributed by atoms with E-state index in [9.17, 15) is 18.0 Å². The number of ether oxygens (including phenoxy) is 3. The Bertz CT molecular complexity index is 1220. The van der Waals surface area contributed by atoms with Crippen molar-refractivity contribution in [3.63, 3.8) is 0 Å². The Kier molecular flexibility index (Phi) is 3.48. The molecule has 2 aromatic carbocycles. The van der Waals surface area contributed by atoms with Crippen LogP contribution in [0.3, 0.4) is 0 Å². The van der Waals surface area contributed by atoms with E-state index in [0.717, 1.165) is 11.6 Å². The van der Waals surface area contributed by atoms with E-state index in [-0.39, 0.29) is 19.2 Å². The van der Waals surface area contributed by atoms with Crippen LogP contribution in [0.15, 0.2) is 42.5 Å². The summed E-state index contributed by atoms with van der Waals surface area (Å²) in [4.78, 5) is 14.7. The van der Waals surface area contributed by atoms with E-state index >= 15 is 0 Å². The van der Waals surface area contributed by atoms with Gasteiger partial charge in [0.15, 0.2) is 11.5 Å². The molecule has 3 aromatic rings. The standard InChI is InChI=1S/C21H12F3NO4S/c22-21(23,24)17-5-4-10(30-17)8-25-12-2-1-3-13-19(12)18(20(25)26)11-6-15-16(28-9-27-15)7-14(11)29-13/h1-7,18H,8-9H2. The molecule has 0 saturated carbocycles. The zero-order valence-electron chi connectivity index (χ0n) is 15.2. The van der Waals surface area contributed by atoms with Crippen molar-refractivity contribution in [3.05, 3.63) is 63.3 Å². The summed E-state index contributed by atoms with van der Waals surface area (Å²) < 4.78 is 55.8. The highest BCUT2D eigenvalue weighted by Gasteiger charge is 2.45. The Morgan fingerprint density at radius 1 is 1.03 bits per heavy atom. The second kappa shape index (κ2) is 5.91. The molecule has 5 nitrogen and oxygen atoms in total. The molecule has 1 atom stereocenters. The third-order valence-corrected chi connectivity index (χ3v) is 6.54. The minimum absolute atomic E-state index is 0.0619. The fraction of sp³-hybridized carbons (Fsp3) is 0.190. The zero-order valence-corrected chi connectivity index (χ0v) is 16.0. The van der Waals surface area contributed by atoms with Crippen LogP contribution in [0.4, 0.5) is 18.9 Å². The van der Waals surface area contributed by atoms with Gasteiger partial charge in [0.1, 0.15) is 16.4 Å². The van der Waals surface area contributed by atoms with Gasteiger partial charge in [-0.1, -0.05) is 6.07 Å². The number of fused-ring (bicyclic) bond motifs is 3. The molecule has 1 unspecified atom stereocenters. The summed E-state index contributed by atoms with van der Waals surface area (Å²) in [7, 11) is 0. The van der Waals surface area contributed by atoms with Crippen LogP contribution in [0.1, 0.15) is 26.8 Å². The maximum absolute atomic E-state index is 13.4. The third kappa shape index (κ3) is 2.44. The van der Waals surface area contributed by atoms with Gasteiger partial charge in [-0.15, -0.1) is 11.3 Å². The molecule has 9 heteroatoms. The second-order valence-corrected chi connectivity index (χ2v) is 8.32. The fourth-order valence-electron chi connectivity index (χ4n) is 4.14. The van der Waals surface area contributed by atoms with Gasteiger partial charge in [0.2, 0.25) is 12.7 Å². The van der Waals surface area contributed by atoms with Crippen LogP contribution in [0, 0.1) is 0 Å². The van der Waals surface area contributed by atoms with Crippen LogP contribution in [-0.2, 0) is 17.5 Å². The predicted octanol–water partition coefficient (Wildman–Crippen LogP) is 5.28. The van der Waals surface area contributed by atoms with Crippen molar-refractivity contribution in [3.8, 4) is 23.0 Å². The molecule has 0 radical (unpaired) electrons. The lowest BCUT2D eigenvalue weighted by molar-refractivity contribution is -0.134. The molecule has 0 aliphatic carbocycles. The first kappa shape index (κ1) is 17.6. The van der Waals surface area contributed by atoms with E-state index < -0.39 is 17.0 Å². The van der Waals surface area contributed by atoms with E-state index in [1.165, 1.54) is 11.0 Å². The first-order chi connectivity index (χ1) is 14.4. The number of anilines is 1. The van der Waals surface area contributed by atoms with Gasteiger partial charge >= 0.3 is 6.18 Å². The number of hydrogen-bond donors (Lipinski definition) is 0. The highest BCUT2D eigenvalue weighted by molar-refractivity contribution is 7.12. The topological polar surface area (TPSA) is 48.0 Å². The van der Waals surface area contributed by atoms with E-state index in [4.69, 9.17) is 14.2 Å². The normalized spacial score (nSPS) is 18.3. The number of carbonyl (C=O) groups is 1.